The lowest BCUT2D eigenvalue weighted by Crippen LogP contribution is -2.35. The molecule has 37 heavy (non-hydrogen) atoms. The van der Waals surface area contributed by atoms with Crippen LogP contribution in [0.4, 0.5) is 10.7 Å². The van der Waals surface area contributed by atoms with Crippen molar-refractivity contribution in [1.82, 2.24) is 30.2 Å². The molecule has 0 radical (unpaired) electrons. The number of anilines is 1. The van der Waals surface area contributed by atoms with Crippen LogP contribution in [0.3, 0.4) is 0 Å². The molecule has 3 aromatic heterocycles. The van der Waals surface area contributed by atoms with E-state index in [0.717, 1.165) is 39.1 Å². The van der Waals surface area contributed by atoms with Crippen molar-refractivity contribution in [2.45, 2.75) is 19.9 Å². The van der Waals surface area contributed by atoms with Gasteiger partial charge in [0, 0.05) is 30.1 Å². The molecule has 1 unspecified atom stereocenters. The number of nitrogens with zero attached hydrogens (tertiary/aromatic N) is 4. The Labute approximate surface area is 215 Å². The van der Waals surface area contributed by atoms with Gasteiger partial charge in [-0.3, -0.25) is 20.2 Å². The zero-order valence-electron chi connectivity index (χ0n) is 20.9. The van der Waals surface area contributed by atoms with Gasteiger partial charge in [-0.25, -0.2) is 9.78 Å². The van der Waals surface area contributed by atoms with Gasteiger partial charge in [0.2, 0.25) is 5.95 Å². The SMILES string of the molecule is C=C1CN(C(C)c2ccc(-c3cc(-c4ccccn4)c4nc(NC(=O)NCC)[nH]c4c3)cn2)CC(=C)O1. The number of morpholine rings is 1. The quantitative estimate of drug-likeness (QED) is 0.337. The number of carbonyl (C=O) groups is 1. The summed E-state index contributed by atoms with van der Waals surface area (Å²) in [4.78, 5) is 31.4. The van der Waals surface area contributed by atoms with E-state index in [-0.39, 0.29) is 12.1 Å². The van der Waals surface area contributed by atoms with E-state index in [2.05, 4.69) is 62.7 Å². The molecule has 0 aliphatic carbocycles. The Morgan fingerprint density at radius 2 is 1.95 bits per heavy atom. The Balaban J connectivity index is 1.49. The summed E-state index contributed by atoms with van der Waals surface area (Å²) in [7, 11) is 0. The second-order valence-corrected chi connectivity index (χ2v) is 8.94. The standard InChI is InChI=1S/C28H29N7O2/c1-5-29-28(36)34-27-32-25-13-21(12-22(26(25)33-27)24-8-6-7-11-30-24)20-9-10-23(31-14-20)19(4)35-15-17(2)37-18(3)16-35/h6-14,19H,2-3,5,15-16H2,1,4H3,(H3,29,32,33,34,36). The molecule has 2 amide bonds. The number of benzene rings is 1. The Morgan fingerprint density at radius 3 is 2.62 bits per heavy atom. The third-order valence-corrected chi connectivity index (χ3v) is 6.24. The van der Waals surface area contributed by atoms with Crippen molar-refractivity contribution in [2.75, 3.05) is 25.0 Å². The summed E-state index contributed by atoms with van der Waals surface area (Å²) in [6.45, 7) is 13.7. The van der Waals surface area contributed by atoms with Gasteiger partial charge in [0.05, 0.1) is 41.6 Å². The van der Waals surface area contributed by atoms with E-state index in [1.54, 1.807) is 6.20 Å². The number of hydrogen-bond donors (Lipinski definition) is 3. The number of amides is 2. The number of urea groups is 1. The van der Waals surface area contributed by atoms with Gasteiger partial charge in [0.25, 0.3) is 0 Å². The van der Waals surface area contributed by atoms with Crippen molar-refractivity contribution in [3.63, 3.8) is 0 Å². The molecule has 1 aliphatic rings. The maximum atomic E-state index is 12.0. The van der Waals surface area contributed by atoms with Crippen molar-refractivity contribution in [3.05, 3.63) is 85.2 Å². The van der Waals surface area contributed by atoms with Gasteiger partial charge in [-0.15, -0.1) is 0 Å². The molecule has 0 bridgehead atoms. The van der Waals surface area contributed by atoms with E-state index in [9.17, 15) is 4.79 Å². The molecule has 1 fully saturated rings. The number of H-pyrrole nitrogens is 1. The van der Waals surface area contributed by atoms with Gasteiger partial charge in [-0.2, -0.15) is 0 Å². The largest absolute Gasteiger partial charge is 0.465 e. The molecular weight excluding hydrogens is 466 g/mol. The number of carbonyl (C=O) groups excluding carboxylic acids is 1. The fraction of sp³-hybridized carbons (Fsp3) is 0.214. The minimum atomic E-state index is -0.317. The number of rotatable bonds is 6. The van der Waals surface area contributed by atoms with E-state index >= 15 is 0 Å². The molecule has 1 aliphatic heterocycles. The monoisotopic (exact) mass is 495 g/mol. The van der Waals surface area contributed by atoms with Crippen LogP contribution in [0.15, 0.2) is 79.5 Å². The number of nitrogens with one attached hydrogen (secondary N) is 3. The van der Waals surface area contributed by atoms with Gasteiger partial charge in [0.15, 0.2) is 0 Å². The lowest BCUT2D eigenvalue weighted by Gasteiger charge is -2.33. The summed E-state index contributed by atoms with van der Waals surface area (Å²) in [5.74, 6) is 1.75. The second kappa shape index (κ2) is 10.2. The number of pyridine rings is 2. The van der Waals surface area contributed by atoms with Crippen LogP contribution in [0.2, 0.25) is 0 Å². The van der Waals surface area contributed by atoms with Crippen LogP contribution in [0.5, 0.6) is 0 Å². The summed E-state index contributed by atoms with van der Waals surface area (Å²) in [5, 5.41) is 5.47. The maximum absolute atomic E-state index is 12.0. The molecule has 4 aromatic rings. The van der Waals surface area contributed by atoms with Crippen LogP contribution in [0, 0.1) is 0 Å². The van der Waals surface area contributed by atoms with Crippen LogP contribution < -0.4 is 10.6 Å². The summed E-state index contributed by atoms with van der Waals surface area (Å²) in [5.41, 5.74) is 6.02. The molecule has 188 valence electrons. The average Bonchev–Trinajstić information content (AvgIpc) is 3.30. The first kappa shape index (κ1) is 24.2. The first-order valence-electron chi connectivity index (χ1n) is 12.1. The van der Waals surface area contributed by atoms with Crippen molar-refractivity contribution in [3.8, 4) is 22.4 Å². The van der Waals surface area contributed by atoms with Crippen LogP contribution in [-0.4, -0.2) is 50.5 Å². The molecule has 1 atom stereocenters. The summed E-state index contributed by atoms with van der Waals surface area (Å²) < 4.78 is 5.51. The Bertz CT molecular complexity index is 1450. The minimum Gasteiger partial charge on any atom is -0.465 e. The number of aromatic amines is 1. The van der Waals surface area contributed by atoms with E-state index in [1.807, 2.05) is 43.5 Å². The Morgan fingerprint density at radius 1 is 1.14 bits per heavy atom. The van der Waals surface area contributed by atoms with E-state index in [0.29, 0.717) is 37.1 Å². The van der Waals surface area contributed by atoms with Crippen LogP contribution in [-0.2, 0) is 4.74 Å². The summed E-state index contributed by atoms with van der Waals surface area (Å²) in [6, 6.07) is 13.7. The third-order valence-electron chi connectivity index (χ3n) is 6.24. The fourth-order valence-corrected chi connectivity index (χ4v) is 4.43. The molecule has 9 heteroatoms. The lowest BCUT2D eigenvalue weighted by atomic mass is 10.00. The summed E-state index contributed by atoms with van der Waals surface area (Å²) in [6.07, 6.45) is 3.63. The van der Waals surface area contributed by atoms with Crippen molar-refractivity contribution < 1.29 is 9.53 Å². The fourth-order valence-electron chi connectivity index (χ4n) is 4.43. The van der Waals surface area contributed by atoms with E-state index in [4.69, 9.17) is 9.72 Å². The van der Waals surface area contributed by atoms with Crippen molar-refractivity contribution in [2.24, 2.45) is 0 Å². The number of aromatic nitrogens is 4. The normalized spacial score (nSPS) is 14.9. The van der Waals surface area contributed by atoms with Crippen LogP contribution >= 0.6 is 0 Å². The van der Waals surface area contributed by atoms with Crippen LogP contribution in [0.25, 0.3) is 33.4 Å². The number of fused-ring (bicyclic) bond motifs is 1. The molecule has 5 rings (SSSR count). The molecule has 0 saturated carbocycles. The molecule has 4 heterocycles. The summed E-state index contributed by atoms with van der Waals surface area (Å²) >= 11 is 0. The molecular formula is C28H29N7O2. The predicted molar refractivity (Wildman–Crippen MR) is 145 cm³/mol. The third kappa shape index (κ3) is 5.22. The smallest absolute Gasteiger partial charge is 0.321 e. The Hall–Kier alpha value is -4.50. The van der Waals surface area contributed by atoms with Gasteiger partial charge in [-0.1, -0.05) is 25.3 Å². The highest BCUT2D eigenvalue weighted by Crippen LogP contribution is 2.33. The molecule has 1 saturated heterocycles. The Kier molecular flexibility index (Phi) is 6.70. The first-order chi connectivity index (χ1) is 17.9. The van der Waals surface area contributed by atoms with Crippen LogP contribution in [0.1, 0.15) is 25.6 Å². The molecule has 3 N–H and O–H groups in total. The lowest BCUT2D eigenvalue weighted by molar-refractivity contribution is 0.122. The minimum absolute atomic E-state index is 0.0773. The van der Waals surface area contributed by atoms with E-state index < -0.39 is 0 Å². The zero-order valence-corrected chi connectivity index (χ0v) is 20.9. The molecule has 9 nitrogen and oxygen atoms in total. The highest BCUT2D eigenvalue weighted by atomic mass is 16.5. The van der Waals surface area contributed by atoms with Gasteiger partial charge < -0.3 is 15.0 Å². The van der Waals surface area contributed by atoms with Gasteiger partial charge >= 0.3 is 6.03 Å². The van der Waals surface area contributed by atoms with E-state index in [1.165, 1.54) is 0 Å². The number of imidazole rings is 1. The van der Waals surface area contributed by atoms with Crippen molar-refractivity contribution in [1.29, 1.82) is 0 Å². The van der Waals surface area contributed by atoms with Gasteiger partial charge in [-0.05, 0) is 49.7 Å². The topological polar surface area (TPSA) is 108 Å². The second-order valence-electron chi connectivity index (χ2n) is 8.94. The maximum Gasteiger partial charge on any atom is 0.321 e. The molecule has 1 aromatic carbocycles. The highest BCUT2D eigenvalue weighted by Gasteiger charge is 2.24. The number of hydrogen-bond acceptors (Lipinski definition) is 6. The first-order valence-corrected chi connectivity index (χ1v) is 12.1. The van der Waals surface area contributed by atoms with Gasteiger partial charge in [0.1, 0.15) is 11.5 Å². The predicted octanol–water partition coefficient (Wildman–Crippen LogP) is 5.25. The number of ether oxygens (including phenoxy) is 1. The average molecular weight is 496 g/mol. The highest BCUT2D eigenvalue weighted by molar-refractivity contribution is 5.97. The molecule has 0 spiro atoms. The zero-order chi connectivity index (χ0) is 25.9. The van der Waals surface area contributed by atoms with Crippen molar-refractivity contribution >= 4 is 23.0 Å².